The van der Waals surface area contributed by atoms with Crippen LogP contribution in [0, 0.1) is 13.8 Å². The Balaban J connectivity index is 2.00. The number of nitrogens with zero attached hydrogens (tertiary/aromatic N) is 1. The van der Waals surface area contributed by atoms with Crippen LogP contribution in [0.4, 0.5) is 10.5 Å². The Morgan fingerprint density at radius 2 is 1.73 bits per heavy atom. The van der Waals surface area contributed by atoms with Gasteiger partial charge in [-0.1, -0.05) is 18.7 Å². The first kappa shape index (κ1) is 22.0. The fraction of sp³-hybridized carbons (Fsp3) is 0.136. The molecule has 3 rings (SSSR count). The first-order chi connectivity index (χ1) is 14.2. The number of imide groups is 2. The second-order valence-electron chi connectivity index (χ2n) is 6.64. The van der Waals surface area contributed by atoms with Crippen molar-refractivity contribution in [2.24, 2.45) is 0 Å². The van der Waals surface area contributed by atoms with Gasteiger partial charge in [-0.15, -0.1) is 0 Å². The monoisotopic (exact) mass is 532 g/mol. The molecule has 1 aliphatic rings. The first-order valence-corrected chi connectivity index (χ1v) is 10.5. The molecule has 154 valence electrons. The van der Waals surface area contributed by atoms with Gasteiger partial charge in [-0.2, -0.15) is 0 Å². The summed E-state index contributed by atoms with van der Waals surface area (Å²) in [5.41, 5.74) is 2.79. The molecule has 1 aliphatic heterocycles. The lowest BCUT2D eigenvalue weighted by atomic mass is 10.1. The van der Waals surface area contributed by atoms with Gasteiger partial charge in [0.2, 0.25) is 0 Å². The summed E-state index contributed by atoms with van der Waals surface area (Å²) in [7, 11) is 0. The lowest BCUT2D eigenvalue weighted by Crippen LogP contribution is -2.54. The Morgan fingerprint density at radius 3 is 2.33 bits per heavy atom. The van der Waals surface area contributed by atoms with Crippen LogP contribution in [-0.2, 0) is 9.59 Å². The molecule has 4 amide bonds. The van der Waals surface area contributed by atoms with Gasteiger partial charge in [-0.05, 0) is 92.7 Å². The third kappa shape index (κ3) is 4.39. The van der Waals surface area contributed by atoms with E-state index in [0.29, 0.717) is 32.6 Å². The summed E-state index contributed by atoms with van der Waals surface area (Å²) in [5.74, 6) is -0.862. The number of urea groups is 1. The standard InChI is InChI=1S/C22H18Br2N2O4/c1-4-7-30-19-17(23)10-14(11-18(19)24)9-16-20(27)25-22(29)26(21(16)28)15-6-5-12(2)13(3)8-15/h4-6,8-11H,1,7H2,2-3H3,(H,25,27,29)/b16-9-. The van der Waals surface area contributed by atoms with E-state index in [1.165, 1.54) is 6.08 Å². The molecule has 2 aromatic rings. The third-order valence-corrected chi connectivity index (χ3v) is 5.71. The van der Waals surface area contributed by atoms with Crippen LogP contribution in [-0.4, -0.2) is 24.5 Å². The maximum atomic E-state index is 13.0. The molecule has 6 nitrogen and oxygen atoms in total. The number of aryl methyl sites for hydroxylation is 2. The van der Waals surface area contributed by atoms with E-state index in [1.807, 2.05) is 19.9 Å². The maximum Gasteiger partial charge on any atom is 0.335 e. The SMILES string of the molecule is C=CCOc1c(Br)cc(/C=C2/C(=O)NC(=O)N(c3ccc(C)c(C)c3)C2=O)cc1Br. The quantitative estimate of drug-likeness (QED) is 0.331. The number of halogens is 2. The molecule has 8 heteroatoms. The van der Waals surface area contributed by atoms with Crippen molar-refractivity contribution in [2.45, 2.75) is 13.8 Å². The van der Waals surface area contributed by atoms with E-state index in [1.54, 1.807) is 30.3 Å². The van der Waals surface area contributed by atoms with E-state index >= 15 is 0 Å². The van der Waals surface area contributed by atoms with Crippen molar-refractivity contribution < 1.29 is 19.1 Å². The fourth-order valence-electron chi connectivity index (χ4n) is 2.87. The highest BCUT2D eigenvalue weighted by molar-refractivity contribution is 9.11. The summed E-state index contributed by atoms with van der Waals surface area (Å²) in [6.07, 6.45) is 3.06. The second kappa shape index (κ2) is 8.97. The Labute approximate surface area is 190 Å². The van der Waals surface area contributed by atoms with Crippen molar-refractivity contribution in [1.82, 2.24) is 5.32 Å². The van der Waals surface area contributed by atoms with Gasteiger partial charge in [-0.3, -0.25) is 14.9 Å². The van der Waals surface area contributed by atoms with Gasteiger partial charge in [0.25, 0.3) is 11.8 Å². The molecule has 0 spiro atoms. The molecule has 2 aromatic carbocycles. The maximum absolute atomic E-state index is 13.0. The van der Waals surface area contributed by atoms with Crippen molar-refractivity contribution in [3.8, 4) is 5.75 Å². The Kier molecular flexibility index (Phi) is 6.58. The van der Waals surface area contributed by atoms with Crippen molar-refractivity contribution in [1.29, 1.82) is 0 Å². The summed E-state index contributed by atoms with van der Waals surface area (Å²) in [6, 6.07) is 7.88. The summed E-state index contributed by atoms with van der Waals surface area (Å²) in [6.45, 7) is 7.76. The number of nitrogens with one attached hydrogen (secondary N) is 1. The molecule has 0 unspecified atom stereocenters. The molecule has 1 fully saturated rings. The van der Waals surface area contributed by atoms with Crippen LogP contribution in [0.2, 0.25) is 0 Å². The molecule has 30 heavy (non-hydrogen) atoms. The van der Waals surface area contributed by atoms with Crippen molar-refractivity contribution in [3.63, 3.8) is 0 Å². The van der Waals surface area contributed by atoms with Crippen LogP contribution in [0.15, 0.2) is 57.5 Å². The molecule has 1 heterocycles. The van der Waals surface area contributed by atoms with Gasteiger partial charge in [0.05, 0.1) is 14.6 Å². The summed E-state index contributed by atoms with van der Waals surface area (Å²) in [5, 5.41) is 2.23. The van der Waals surface area contributed by atoms with Crippen LogP contribution in [0.1, 0.15) is 16.7 Å². The zero-order valence-electron chi connectivity index (χ0n) is 16.3. The number of anilines is 1. The molecule has 0 saturated carbocycles. The van der Waals surface area contributed by atoms with Gasteiger partial charge in [0, 0.05) is 0 Å². The largest absolute Gasteiger partial charge is 0.487 e. The Bertz CT molecular complexity index is 1090. The van der Waals surface area contributed by atoms with E-state index in [2.05, 4.69) is 43.8 Å². The molecule has 0 atom stereocenters. The number of rotatable bonds is 5. The topological polar surface area (TPSA) is 75.7 Å². The Morgan fingerprint density at radius 1 is 1.07 bits per heavy atom. The number of ether oxygens (including phenoxy) is 1. The van der Waals surface area contributed by atoms with Crippen LogP contribution in [0.3, 0.4) is 0 Å². The zero-order chi connectivity index (χ0) is 22.0. The van der Waals surface area contributed by atoms with Crippen LogP contribution < -0.4 is 15.0 Å². The van der Waals surface area contributed by atoms with Gasteiger partial charge < -0.3 is 4.74 Å². The summed E-state index contributed by atoms with van der Waals surface area (Å²) in [4.78, 5) is 38.8. The van der Waals surface area contributed by atoms with Crippen molar-refractivity contribution in [3.05, 3.63) is 74.2 Å². The molecule has 1 saturated heterocycles. The normalized spacial score (nSPS) is 15.4. The van der Waals surface area contributed by atoms with Gasteiger partial charge >= 0.3 is 6.03 Å². The molecule has 0 radical (unpaired) electrons. The molecular formula is C22H18Br2N2O4. The van der Waals surface area contributed by atoms with Gasteiger partial charge in [-0.25, -0.2) is 9.69 Å². The molecular weight excluding hydrogens is 516 g/mol. The number of amides is 4. The third-order valence-electron chi connectivity index (χ3n) is 4.53. The number of hydrogen-bond acceptors (Lipinski definition) is 4. The number of carbonyl (C=O) groups excluding carboxylic acids is 3. The average Bonchev–Trinajstić information content (AvgIpc) is 2.67. The van der Waals surface area contributed by atoms with Crippen LogP contribution in [0.25, 0.3) is 6.08 Å². The van der Waals surface area contributed by atoms with Crippen molar-refractivity contribution >= 4 is 61.5 Å². The number of hydrogen-bond donors (Lipinski definition) is 1. The van der Waals surface area contributed by atoms with Crippen LogP contribution in [0.5, 0.6) is 5.75 Å². The molecule has 0 aliphatic carbocycles. The lowest BCUT2D eigenvalue weighted by Gasteiger charge is -2.27. The average molecular weight is 534 g/mol. The smallest absolute Gasteiger partial charge is 0.335 e. The van der Waals surface area contributed by atoms with E-state index in [-0.39, 0.29) is 5.57 Å². The zero-order valence-corrected chi connectivity index (χ0v) is 19.5. The molecule has 0 aromatic heterocycles. The number of benzene rings is 2. The van der Waals surface area contributed by atoms with E-state index in [9.17, 15) is 14.4 Å². The minimum atomic E-state index is -0.777. The highest BCUT2D eigenvalue weighted by atomic mass is 79.9. The molecule has 1 N–H and O–H groups in total. The van der Waals surface area contributed by atoms with E-state index in [0.717, 1.165) is 16.0 Å². The minimum Gasteiger partial charge on any atom is -0.487 e. The van der Waals surface area contributed by atoms with E-state index < -0.39 is 17.8 Å². The predicted octanol–water partition coefficient (Wildman–Crippen LogP) is 5.06. The first-order valence-electron chi connectivity index (χ1n) is 8.94. The summed E-state index contributed by atoms with van der Waals surface area (Å²) >= 11 is 6.86. The van der Waals surface area contributed by atoms with E-state index in [4.69, 9.17) is 4.74 Å². The highest BCUT2D eigenvalue weighted by Crippen LogP contribution is 2.36. The van der Waals surface area contributed by atoms with Gasteiger partial charge in [0.15, 0.2) is 0 Å². The highest BCUT2D eigenvalue weighted by Gasteiger charge is 2.37. The number of barbiturate groups is 1. The molecule has 0 bridgehead atoms. The van der Waals surface area contributed by atoms with Crippen molar-refractivity contribution in [2.75, 3.05) is 11.5 Å². The van der Waals surface area contributed by atoms with Crippen LogP contribution >= 0.6 is 31.9 Å². The fourth-order valence-corrected chi connectivity index (χ4v) is 4.32. The second-order valence-corrected chi connectivity index (χ2v) is 8.35. The summed E-state index contributed by atoms with van der Waals surface area (Å²) < 4.78 is 6.85. The predicted molar refractivity (Wildman–Crippen MR) is 122 cm³/mol. The van der Waals surface area contributed by atoms with Gasteiger partial charge in [0.1, 0.15) is 17.9 Å². The number of carbonyl (C=O) groups is 3. The Hall–Kier alpha value is -2.71. The minimum absolute atomic E-state index is 0.147. The lowest BCUT2D eigenvalue weighted by molar-refractivity contribution is -0.122.